The van der Waals surface area contributed by atoms with E-state index in [4.69, 9.17) is 10.5 Å². The van der Waals surface area contributed by atoms with E-state index < -0.39 is 63.1 Å². The lowest BCUT2D eigenvalue weighted by Gasteiger charge is -2.15. The van der Waals surface area contributed by atoms with Gasteiger partial charge in [-0.25, -0.2) is 14.4 Å². The summed E-state index contributed by atoms with van der Waals surface area (Å²) < 4.78 is 11.2. The molecule has 0 aliphatic carbocycles. The number of nitro benzene ring substituents is 1. The molecule has 0 saturated carbocycles. The second-order valence-corrected chi connectivity index (χ2v) is 7.50. The van der Waals surface area contributed by atoms with Gasteiger partial charge >= 0.3 is 17.6 Å². The van der Waals surface area contributed by atoms with Gasteiger partial charge < -0.3 is 15.2 Å². The second kappa shape index (κ2) is 10.5. The Morgan fingerprint density at radius 3 is 2.22 bits per heavy atom. The first-order chi connectivity index (χ1) is 17.0. The third-order valence-corrected chi connectivity index (χ3v) is 5.17. The first-order valence-corrected chi connectivity index (χ1v) is 10.3. The number of non-ortho nitro benzene ring substituents is 1. The molecule has 1 heterocycles. The normalized spacial score (nSPS) is 10.5. The lowest BCUT2D eigenvalue weighted by Crippen LogP contribution is -2.43. The van der Waals surface area contributed by atoms with Gasteiger partial charge in [-0.2, -0.15) is 0 Å². The smallest absolute Gasteiger partial charge is 0.338 e. The van der Waals surface area contributed by atoms with Crippen LogP contribution >= 0.6 is 0 Å². The van der Waals surface area contributed by atoms with Gasteiger partial charge in [0.15, 0.2) is 6.61 Å². The van der Waals surface area contributed by atoms with Gasteiger partial charge in [0.1, 0.15) is 11.4 Å². The van der Waals surface area contributed by atoms with Crippen molar-refractivity contribution in [2.75, 3.05) is 19.5 Å². The molecule has 0 bridgehead atoms. The molecular formula is C23H20N4O9. The van der Waals surface area contributed by atoms with E-state index in [1.165, 1.54) is 7.05 Å². The number of anilines is 1. The zero-order chi connectivity index (χ0) is 26.6. The van der Waals surface area contributed by atoms with Gasteiger partial charge in [-0.1, -0.05) is 30.3 Å². The van der Waals surface area contributed by atoms with Crippen molar-refractivity contribution in [3.63, 3.8) is 0 Å². The molecule has 186 valence electrons. The van der Waals surface area contributed by atoms with Crippen LogP contribution in [0.2, 0.25) is 0 Å². The van der Waals surface area contributed by atoms with Crippen LogP contribution < -0.4 is 17.0 Å². The molecule has 0 radical (unpaired) electrons. The average molecular weight is 496 g/mol. The van der Waals surface area contributed by atoms with Crippen molar-refractivity contribution < 1.29 is 28.8 Å². The van der Waals surface area contributed by atoms with Crippen LogP contribution in [0.1, 0.15) is 36.6 Å². The van der Waals surface area contributed by atoms with E-state index in [-0.39, 0.29) is 12.1 Å². The molecule has 2 aromatic carbocycles. The lowest BCUT2D eigenvalue weighted by molar-refractivity contribution is -0.384. The highest BCUT2D eigenvalue weighted by Gasteiger charge is 2.24. The second-order valence-electron chi connectivity index (χ2n) is 7.50. The molecule has 0 spiro atoms. The van der Waals surface area contributed by atoms with Crippen LogP contribution in [0.25, 0.3) is 0 Å². The average Bonchev–Trinajstić information content (AvgIpc) is 2.88. The lowest BCUT2D eigenvalue weighted by atomic mass is 10.1. The van der Waals surface area contributed by atoms with Crippen LogP contribution in [0.15, 0.2) is 58.1 Å². The fourth-order valence-electron chi connectivity index (χ4n) is 3.32. The SMILES string of the molecule is COC(=O)c1cc(C(=O)OCC(=O)c2c(N)n(Cc3ccccc3)c(=O)n(C)c2=O)cc([N+](=O)[O-])c1. The number of rotatable bonds is 8. The van der Waals surface area contributed by atoms with E-state index in [0.717, 1.165) is 29.9 Å². The molecule has 0 aliphatic heterocycles. The Bertz CT molecular complexity index is 1490. The van der Waals surface area contributed by atoms with Crippen LogP contribution in [-0.2, 0) is 23.1 Å². The Hall–Kier alpha value is -5.07. The van der Waals surface area contributed by atoms with Crippen molar-refractivity contribution in [2.24, 2.45) is 7.05 Å². The van der Waals surface area contributed by atoms with Gasteiger partial charge in [0, 0.05) is 19.2 Å². The van der Waals surface area contributed by atoms with Crippen LogP contribution in [0, 0.1) is 10.1 Å². The highest BCUT2D eigenvalue weighted by molar-refractivity contribution is 6.02. The van der Waals surface area contributed by atoms with E-state index in [9.17, 15) is 34.1 Å². The fourth-order valence-corrected chi connectivity index (χ4v) is 3.32. The quantitative estimate of drug-likeness (QED) is 0.204. The van der Waals surface area contributed by atoms with Crippen LogP contribution in [0.3, 0.4) is 0 Å². The van der Waals surface area contributed by atoms with Crippen molar-refractivity contribution in [3.8, 4) is 0 Å². The van der Waals surface area contributed by atoms with Crippen LogP contribution in [-0.4, -0.2) is 45.5 Å². The maximum absolute atomic E-state index is 12.8. The molecule has 0 atom stereocenters. The van der Waals surface area contributed by atoms with Gasteiger partial charge in [-0.05, 0) is 11.6 Å². The van der Waals surface area contributed by atoms with Crippen molar-refractivity contribution in [3.05, 3.63) is 102 Å². The summed E-state index contributed by atoms with van der Waals surface area (Å²) in [5, 5.41) is 11.2. The van der Waals surface area contributed by atoms with E-state index in [1.54, 1.807) is 30.3 Å². The number of nitrogens with zero attached hydrogens (tertiary/aromatic N) is 3. The van der Waals surface area contributed by atoms with Gasteiger partial charge in [0.05, 0.1) is 29.7 Å². The highest BCUT2D eigenvalue weighted by Crippen LogP contribution is 2.19. The number of ketones is 1. The molecule has 0 amide bonds. The standard InChI is InChI=1S/C23H20N4O9/c1-25-20(29)18(19(24)26(23(25)32)11-13-6-4-3-5-7-13)17(28)12-36-22(31)15-8-14(21(30)35-2)9-16(10-15)27(33)34/h3-10H,11-12,24H2,1-2H3. The van der Waals surface area contributed by atoms with Gasteiger partial charge in [0.2, 0.25) is 5.78 Å². The van der Waals surface area contributed by atoms with E-state index >= 15 is 0 Å². The number of hydrogen-bond acceptors (Lipinski definition) is 10. The monoisotopic (exact) mass is 496 g/mol. The Morgan fingerprint density at radius 1 is 1.03 bits per heavy atom. The van der Waals surface area contributed by atoms with Gasteiger partial charge in [-0.15, -0.1) is 0 Å². The number of benzene rings is 2. The van der Waals surface area contributed by atoms with E-state index in [1.807, 2.05) is 0 Å². The summed E-state index contributed by atoms with van der Waals surface area (Å²) in [6, 6.07) is 11.5. The molecule has 1 aromatic heterocycles. The number of esters is 2. The first-order valence-electron chi connectivity index (χ1n) is 10.3. The largest absolute Gasteiger partial charge is 0.465 e. The zero-order valence-corrected chi connectivity index (χ0v) is 19.1. The van der Waals surface area contributed by atoms with Crippen molar-refractivity contribution in [2.45, 2.75) is 6.54 Å². The number of carbonyl (C=O) groups excluding carboxylic acids is 3. The molecule has 13 heteroatoms. The molecule has 0 unspecified atom stereocenters. The number of hydrogen-bond donors (Lipinski definition) is 1. The third kappa shape index (κ3) is 5.19. The number of nitro groups is 1. The van der Waals surface area contributed by atoms with Crippen LogP contribution in [0.5, 0.6) is 0 Å². The topological polar surface area (TPSA) is 183 Å². The van der Waals surface area contributed by atoms with Crippen molar-refractivity contribution >= 4 is 29.2 Å². The molecular weight excluding hydrogens is 476 g/mol. The van der Waals surface area contributed by atoms with E-state index in [0.29, 0.717) is 10.1 Å². The van der Waals surface area contributed by atoms with Gasteiger partial charge in [-0.3, -0.25) is 28.8 Å². The number of ether oxygens (including phenoxy) is 2. The number of nitrogen functional groups attached to an aromatic ring is 1. The number of carbonyl (C=O) groups is 3. The predicted octanol–water partition coefficient (Wildman–Crippen LogP) is 0.912. The zero-order valence-electron chi connectivity index (χ0n) is 19.1. The summed E-state index contributed by atoms with van der Waals surface area (Å²) in [4.78, 5) is 72.7. The van der Waals surface area contributed by atoms with E-state index in [2.05, 4.69) is 4.74 Å². The molecule has 3 rings (SSSR count). The minimum Gasteiger partial charge on any atom is -0.465 e. The van der Waals surface area contributed by atoms with Crippen molar-refractivity contribution in [1.29, 1.82) is 0 Å². The Morgan fingerprint density at radius 2 is 1.64 bits per heavy atom. The minimum atomic E-state index is -1.18. The maximum Gasteiger partial charge on any atom is 0.338 e. The Kier molecular flexibility index (Phi) is 7.43. The molecule has 0 aliphatic rings. The summed E-state index contributed by atoms with van der Waals surface area (Å²) in [6.07, 6.45) is 0. The highest BCUT2D eigenvalue weighted by atomic mass is 16.6. The summed E-state index contributed by atoms with van der Waals surface area (Å²) in [5.74, 6) is -3.51. The maximum atomic E-state index is 12.8. The molecule has 3 aromatic rings. The fraction of sp³-hybridized carbons (Fsp3) is 0.174. The first kappa shape index (κ1) is 25.6. The molecule has 0 saturated heterocycles. The number of methoxy groups -OCH3 is 1. The summed E-state index contributed by atoms with van der Waals surface area (Å²) in [5.41, 5.74) is 3.14. The molecule has 13 nitrogen and oxygen atoms in total. The summed E-state index contributed by atoms with van der Waals surface area (Å²) >= 11 is 0. The Labute approximate surface area is 202 Å². The third-order valence-electron chi connectivity index (χ3n) is 5.17. The molecule has 2 N–H and O–H groups in total. The Balaban J connectivity index is 1.90. The summed E-state index contributed by atoms with van der Waals surface area (Å²) in [7, 11) is 2.23. The predicted molar refractivity (Wildman–Crippen MR) is 125 cm³/mol. The number of aromatic nitrogens is 2. The number of Topliss-reactive ketones (excluding diaryl/α,β-unsaturated/α-hetero) is 1. The van der Waals surface area contributed by atoms with Gasteiger partial charge in [0.25, 0.3) is 11.2 Å². The minimum absolute atomic E-state index is 0.0241. The molecule has 0 fully saturated rings. The number of nitrogens with two attached hydrogens (primary N) is 1. The summed E-state index contributed by atoms with van der Waals surface area (Å²) in [6.45, 7) is -0.984. The molecule has 36 heavy (non-hydrogen) atoms. The van der Waals surface area contributed by atoms with Crippen LogP contribution in [0.4, 0.5) is 11.5 Å². The van der Waals surface area contributed by atoms with Crippen molar-refractivity contribution in [1.82, 2.24) is 9.13 Å².